The molecule has 5 heteroatoms. The molecule has 0 aromatic heterocycles. The van der Waals surface area contributed by atoms with E-state index in [1.165, 1.54) is 5.56 Å². The molecule has 2 aromatic carbocycles. The molecular weight excluding hydrogens is 324 g/mol. The minimum absolute atomic E-state index is 0.0897. The third-order valence-corrected chi connectivity index (χ3v) is 4.79. The molecule has 1 aliphatic rings. The number of halogens is 1. The van der Waals surface area contributed by atoms with Gasteiger partial charge in [-0.1, -0.05) is 60.1 Å². The molecule has 0 spiro atoms. The van der Waals surface area contributed by atoms with Gasteiger partial charge in [0.1, 0.15) is 0 Å². The number of hydrogen-bond donors (Lipinski definition) is 1. The Bertz CT molecular complexity index is 685. The predicted octanol–water partition coefficient (Wildman–Crippen LogP) is 3.13. The van der Waals surface area contributed by atoms with Gasteiger partial charge >= 0.3 is 5.97 Å². The van der Waals surface area contributed by atoms with E-state index in [0.29, 0.717) is 0 Å². The maximum atomic E-state index is 10.9. The number of carboxylic acids is 1. The molecule has 24 heavy (non-hydrogen) atoms. The second-order valence-corrected chi connectivity index (χ2v) is 6.45. The third kappa shape index (κ3) is 3.96. The summed E-state index contributed by atoms with van der Waals surface area (Å²) in [5.41, 5.74) is 2.30. The van der Waals surface area contributed by atoms with E-state index < -0.39 is 5.97 Å². The Labute approximate surface area is 147 Å². The number of rotatable bonds is 5. The SMILES string of the molecule is O=C(O)CN1CCN([C@H](c2ccccc2)c2ccccc2Cl)CC1. The zero-order valence-electron chi connectivity index (χ0n) is 13.4. The normalized spacial score (nSPS) is 17.5. The van der Waals surface area contributed by atoms with Gasteiger partial charge < -0.3 is 5.11 Å². The van der Waals surface area contributed by atoms with Crippen molar-refractivity contribution in [3.8, 4) is 0 Å². The molecule has 2 aromatic rings. The van der Waals surface area contributed by atoms with Gasteiger partial charge in [0.15, 0.2) is 0 Å². The first-order valence-corrected chi connectivity index (χ1v) is 8.50. The smallest absolute Gasteiger partial charge is 0.317 e. The largest absolute Gasteiger partial charge is 0.480 e. The van der Waals surface area contributed by atoms with Crippen molar-refractivity contribution in [2.45, 2.75) is 6.04 Å². The van der Waals surface area contributed by atoms with Gasteiger partial charge in [0.05, 0.1) is 12.6 Å². The van der Waals surface area contributed by atoms with Gasteiger partial charge in [-0.05, 0) is 17.2 Å². The van der Waals surface area contributed by atoms with Gasteiger partial charge in [0, 0.05) is 31.2 Å². The Morgan fingerprint density at radius 3 is 2.25 bits per heavy atom. The van der Waals surface area contributed by atoms with Crippen LogP contribution in [0.3, 0.4) is 0 Å². The van der Waals surface area contributed by atoms with Crippen LogP contribution in [0.1, 0.15) is 17.2 Å². The minimum atomic E-state index is -0.769. The van der Waals surface area contributed by atoms with Crippen LogP contribution >= 0.6 is 11.6 Å². The molecule has 0 amide bonds. The summed E-state index contributed by atoms with van der Waals surface area (Å²) in [6, 6.07) is 18.4. The Morgan fingerprint density at radius 1 is 1.00 bits per heavy atom. The molecule has 1 aliphatic heterocycles. The minimum Gasteiger partial charge on any atom is -0.480 e. The van der Waals surface area contributed by atoms with Crippen LogP contribution in [0.5, 0.6) is 0 Å². The molecule has 4 nitrogen and oxygen atoms in total. The number of aliphatic carboxylic acids is 1. The van der Waals surface area contributed by atoms with Crippen molar-refractivity contribution in [1.82, 2.24) is 9.80 Å². The van der Waals surface area contributed by atoms with Crippen molar-refractivity contribution in [2.24, 2.45) is 0 Å². The van der Waals surface area contributed by atoms with Crippen LogP contribution in [0.4, 0.5) is 0 Å². The van der Waals surface area contributed by atoms with Crippen LogP contribution in [0, 0.1) is 0 Å². The lowest BCUT2D eigenvalue weighted by molar-refractivity contribution is -0.138. The molecule has 0 aliphatic carbocycles. The summed E-state index contributed by atoms with van der Waals surface area (Å²) in [4.78, 5) is 15.3. The highest BCUT2D eigenvalue weighted by molar-refractivity contribution is 6.31. The zero-order chi connectivity index (χ0) is 16.9. The van der Waals surface area contributed by atoms with Crippen LogP contribution < -0.4 is 0 Å². The van der Waals surface area contributed by atoms with Crippen LogP contribution in [0.2, 0.25) is 5.02 Å². The molecule has 126 valence electrons. The van der Waals surface area contributed by atoms with E-state index >= 15 is 0 Å². The predicted molar refractivity (Wildman–Crippen MR) is 95.4 cm³/mol. The van der Waals surface area contributed by atoms with E-state index in [-0.39, 0.29) is 12.6 Å². The standard InChI is InChI=1S/C19H21ClN2O2/c20-17-9-5-4-8-16(17)19(15-6-2-1-3-7-15)22-12-10-21(11-13-22)14-18(23)24/h1-9,19H,10-14H2,(H,23,24)/t19-/m1/s1. The summed E-state index contributed by atoms with van der Waals surface area (Å²) < 4.78 is 0. The van der Waals surface area contributed by atoms with E-state index in [4.69, 9.17) is 16.7 Å². The number of benzene rings is 2. The monoisotopic (exact) mass is 344 g/mol. The second kappa shape index (κ2) is 7.79. The molecule has 0 saturated carbocycles. The summed E-state index contributed by atoms with van der Waals surface area (Å²) in [5, 5.41) is 9.72. The fraction of sp³-hybridized carbons (Fsp3) is 0.316. The van der Waals surface area contributed by atoms with Gasteiger partial charge in [-0.25, -0.2) is 0 Å². The molecule has 0 bridgehead atoms. The van der Waals surface area contributed by atoms with Crippen molar-refractivity contribution < 1.29 is 9.90 Å². The highest BCUT2D eigenvalue weighted by atomic mass is 35.5. The molecule has 1 saturated heterocycles. The van der Waals surface area contributed by atoms with E-state index in [1.807, 2.05) is 41.3 Å². The van der Waals surface area contributed by atoms with Crippen molar-refractivity contribution in [3.63, 3.8) is 0 Å². The number of nitrogens with zero attached hydrogens (tertiary/aromatic N) is 2. The molecular formula is C19H21ClN2O2. The Balaban J connectivity index is 1.84. The third-order valence-electron chi connectivity index (χ3n) is 4.45. The highest BCUT2D eigenvalue weighted by Crippen LogP contribution is 2.33. The highest BCUT2D eigenvalue weighted by Gasteiger charge is 2.28. The van der Waals surface area contributed by atoms with E-state index in [1.54, 1.807) is 0 Å². The molecule has 3 rings (SSSR count). The summed E-state index contributed by atoms with van der Waals surface area (Å²) >= 11 is 6.47. The Morgan fingerprint density at radius 2 is 1.62 bits per heavy atom. The van der Waals surface area contributed by atoms with Gasteiger partial charge in [0.2, 0.25) is 0 Å². The van der Waals surface area contributed by atoms with E-state index in [0.717, 1.165) is 36.8 Å². The summed E-state index contributed by atoms with van der Waals surface area (Å²) in [6.07, 6.45) is 0. The molecule has 1 fully saturated rings. The van der Waals surface area contributed by atoms with Crippen LogP contribution in [-0.4, -0.2) is 53.6 Å². The lowest BCUT2D eigenvalue weighted by Crippen LogP contribution is -2.49. The van der Waals surface area contributed by atoms with Crippen molar-refractivity contribution in [2.75, 3.05) is 32.7 Å². The van der Waals surface area contributed by atoms with Crippen LogP contribution in [0.15, 0.2) is 54.6 Å². The molecule has 1 N–H and O–H groups in total. The van der Waals surface area contributed by atoms with E-state index in [2.05, 4.69) is 23.1 Å². The Hall–Kier alpha value is -1.88. The molecule has 1 heterocycles. The van der Waals surface area contributed by atoms with Gasteiger partial charge in [-0.3, -0.25) is 14.6 Å². The number of carbonyl (C=O) groups is 1. The average molecular weight is 345 g/mol. The molecule has 0 radical (unpaired) electrons. The first-order chi connectivity index (χ1) is 11.6. The zero-order valence-corrected chi connectivity index (χ0v) is 14.2. The fourth-order valence-corrected chi connectivity index (χ4v) is 3.53. The summed E-state index contributed by atoms with van der Waals surface area (Å²) in [6.45, 7) is 3.24. The van der Waals surface area contributed by atoms with Crippen molar-refractivity contribution >= 4 is 17.6 Å². The first kappa shape index (κ1) is 17.0. The van der Waals surface area contributed by atoms with Gasteiger partial charge in [-0.15, -0.1) is 0 Å². The van der Waals surface area contributed by atoms with E-state index in [9.17, 15) is 4.79 Å². The maximum Gasteiger partial charge on any atom is 0.317 e. The quantitative estimate of drug-likeness (QED) is 0.905. The number of carboxylic acid groups (broad SMARTS) is 1. The van der Waals surface area contributed by atoms with Crippen LogP contribution in [0.25, 0.3) is 0 Å². The fourth-order valence-electron chi connectivity index (χ4n) is 3.29. The maximum absolute atomic E-state index is 10.9. The topological polar surface area (TPSA) is 43.8 Å². The lowest BCUT2D eigenvalue weighted by atomic mass is 9.96. The average Bonchev–Trinajstić information content (AvgIpc) is 2.59. The summed E-state index contributed by atoms with van der Waals surface area (Å²) in [5.74, 6) is -0.769. The summed E-state index contributed by atoms with van der Waals surface area (Å²) in [7, 11) is 0. The molecule has 0 unspecified atom stereocenters. The van der Waals surface area contributed by atoms with Crippen molar-refractivity contribution in [3.05, 3.63) is 70.7 Å². The number of piperazine rings is 1. The van der Waals surface area contributed by atoms with Gasteiger partial charge in [-0.2, -0.15) is 0 Å². The molecule has 1 atom stereocenters. The first-order valence-electron chi connectivity index (χ1n) is 8.12. The second-order valence-electron chi connectivity index (χ2n) is 6.04. The van der Waals surface area contributed by atoms with Crippen LogP contribution in [-0.2, 0) is 4.79 Å². The van der Waals surface area contributed by atoms with Gasteiger partial charge in [0.25, 0.3) is 0 Å². The Kier molecular flexibility index (Phi) is 5.51. The van der Waals surface area contributed by atoms with Crippen molar-refractivity contribution in [1.29, 1.82) is 0 Å². The number of hydrogen-bond acceptors (Lipinski definition) is 3. The lowest BCUT2D eigenvalue weighted by Gasteiger charge is -2.39.